The van der Waals surface area contributed by atoms with Crippen LogP contribution in [0.2, 0.25) is 10.2 Å². The van der Waals surface area contributed by atoms with E-state index in [9.17, 15) is 18.0 Å². The minimum absolute atomic E-state index is 0.0179. The van der Waals surface area contributed by atoms with Crippen LogP contribution < -0.4 is 10.3 Å². The Morgan fingerprint density at radius 1 is 1.17 bits per heavy atom. The summed E-state index contributed by atoms with van der Waals surface area (Å²) in [4.78, 5) is 11.9. The van der Waals surface area contributed by atoms with Crippen molar-refractivity contribution in [2.45, 2.75) is 17.1 Å². The van der Waals surface area contributed by atoms with Gasteiger partial charge in [0.25, 0.3) is 5.56 Å². The maximum Gasteiger partial charge on any atom is 0.408 e. The molecule has 2 aromatic rings. The molecule has 1 aromatic heterocycles. The molecule has 0 aliphatic carbocycles. The Bertz CT molecular complexity index is 747. The third-order valence-corrected chi connectivity index (χ3v) is 4.44. The lowest BCUT2D eigenvalue weighted by atomic mass is 10.1. The molecule has 0 fully saturated rings. The number of halogens is 5. The van der Waals surface area contributed by atoms with Crippen molar-refractivity contribution in [2.24, 2.45) is 7.05 Å². The quantitative estimate of drug-likeness (QED) is 0.619. The van der Waals surface area contributed by atoms with Gasteiger partial charge in [-0.2, -0.15) is 13.2 Å². The van der Waals surface area contributed by atoms with Gasteiger partial charge in [0.05, 0.1) is 0 Å². The molecule has 0 aliphatic heterocycles. The van der Waals surface area contributed by atoms with Crippen LogP contribution in [-0.2, 0) is 7.05 Å². The van der Waals surface area contributed by atoms with Crippen LogP contribution in [0.3, 0.4) is 0 Å². The fourth-order valence-corrected chi connectivity index (χ4v) is 2.99. The molecule has 0 aliphatic rings. The van der Waals surface area contributed by atoms with Crippen molar-refractivity contribution < 1.29 is 13.2 Å². The summed E-state index contributed by atoms with van der Waals surface area (Å²) in [7, 11) is 1.47. The monoisotopic (exact) mass is 382 g/mol. The average Bonchev–Trinajstić information content (AvgIpc) is 2.45. The Labute approximate surface area is 144 Å². The van der Waals surface area contributed by atoms with Crippen LogP contribution in [0, 0.1) is 0 Å². The molecule has 1 heterocycles. The number of rotatable bonds is 4. The molecule has 9 heteroatoms. The van der Waals surface area contributed by atoms with Gasteiger partial charge in [0.2, 0.25) is 0 Å². The third-order valence-electron chi connectivity index (χ3n) is 3.00. The van der Waals surface area contributed by atoms with E-state index >= 15 is 0 Å². The van der Waals surface area contributed by atoms with Gasteiger partial charge in [-0.15, -0.1) is 0 Å². The average molecular weight is 383 g/mol. The maximum absolute atomic E-state index is 13.2. The zero-order chi connectivity index (χ0) is 17.2. The van der Waals surface area contributed by atoms with Gasteiger partial charge in [-0.1, -0.05) is 35.3 Å². The highest BCUT2D eigenvalue weighted by Gasteiger charge is 2.40. The summed E-state index contributed by atoms with van der Waals surface area (Å²) in [6.07, 6.45) is -4.51. The summed E-state index contributed by atoms with van der Waals surface area (Å²) in [6.45, 7) is 0. The molecular weight excluding hydrogens is 372 g/mol. The van der Waals surface area contributed by atoms with Crippen molar-refractivity contribution in [1.29, 1.82) is 0 Å². The van der Waals surface area contributed by atoms with E-state index in [1.807, 2.05) is 0 Å². The summed E-state index contributed by atoms with van der Waals surface area (Å²) < 4.78 is 43.2. The molecule has 2 rings (SSSR count). The molecule has 0 spiro atoms. The van der Waals surface area contributed by atoms with Crippen molar-refractivity contribution >= 4 is 35.1 Å². The van der Waals surface area contributed by atoms with Crippen LogP contribution in [0.15, 0.2) is 46.1 Å². The van der Waals surface area contributed by atoms with Gasteiger partial charge in [-0.25, -0.2) is 4.72 Å². The summed E-state index contributed by atoms with van der Waals surface area (Å²) >= 11 is 12.2. The van der Waals surface area contributed by atoms with Crippen LogP contribution in [0.4, 0.5) is 13.2 Å². The van der Waals surface area contributed by atoms with E-state index in [1.54, 1.807) is 0 Å². The second kappa shape index (κ2) is 7.17. The van der Waals surface area contributed by atoms with Gasteiger partial charge in [-0.05, 0) is 35.7 Å². The Morgan fingerprint density at radius 2 is 1.78 bits per heavy atom. The smallest absolute Gasteiger partial charge is 0.302 e. The third kappa shape index (κ3) is 4.67. The Morgan fingerprint density at radius 3 is 2.30 bits per heavy atom. The lowest BCUT2D eigenvalue weighted by molar-refractivity contribution is -0.152. The van der Waals surface area contributed by atoms with Crippen LogP contribution in [0.1, 0.15) is 11.6 Å². The minimum Gasteiger partial charge on any atom is -0.302 e. The van der Waals surface area contributed by atoms with E-state index in [0.717, 1.165) is 0 Å². The van der Waals surface area contributed by atoms with E-state index in [-0.39, 0.29) is 10.7 Å². The number of nitrogens with one attached hydrogen (secondary N) is 1. The summed E-state index contributed by atoms with van der Waals surface area (Å²) in [5, 5.41) is 0.484. The van der Waals surface area contributed by atoms with Crippen molar-refractivity contribution in [3.63, 3.8) is 0 Å². The normalized spacial score (nSPS) is 13.1. The molecule has 1 aromatic carbocycles. The summed E-state index contributed by atoms with van der Waals surface area (Å²) in [5.74, 6) is 0. The first-order valence-corrected chi connectivity index (χ1v) is 7.87. The number of pyridine rings is 1. The van der Waals surface area contributed by atoms with Gasteiger partial charge in [-0.3, -0.25) is 4.79 Å². The predicted octanol–water partition coefficient (Wildman–Crippen LogP) is 4.59. The number of aromatic nitrogens is 1. The van der Waals surface area contributed by atoms with Gasteiger partial charge < -0.3 is 4.57 Å². The molecule has 1 N–H and O–H groups in total. The van der Waals surface area contributed by atoms with Crippen LogP contribution in [0.25, 0.3) is 0 Å². The fraction of sp³-hybridized carbons (Fsp3) is 0.214. The van der Waals surface area contributed by atoms with Gasteiger partial charge >= 0.3 is 6.18 Å². The van der Waals surface area contributed by atoms with Crippen molar-refractivity contribution in [3.05, 3.63) is 62.5 Å². The summed E-state index contributed by atoms with van der Waals surface area (Å²) in [5.41, 5.74) is -0.388. The Kier molecular flexibility index (Phi) is 5.67. The minimum atomic E-state index is -4.51. The molecule has 23 heavy (non-hydrogen) atoms. The molecule has 0 saturated carbocycles. The zero-order valence-electron chi connectivity index (χ0n) is 11.7. The number of benzene rings is 1. The SMILES string of the molecule is Cn1c(Cl)cc(SN[C@H](c2ccc(Cl)cc2)C(F)(F)F)cc1=O. The lowest BCUT2D eigenvalue weighted by Crippen LogP contribution is -2.30. The lowest BCUT2D eigenvalue weighted by Gasteiger charge is -2.21. The Balaban J connectivity index is 2.23. The molecule has 0 unspecified atom stereocenters. The van der Waals surface area contributed by atoms with Gasteiger partial charge in [0, 0.05) is 23.0 Å². The molecule has 0 saturated heterocycles. The van der Waals surface area contributed by atoms with Crippen LogP contribution in [0.5, 0.6) is 0 Å². The molecule has 3 nitrogen and oxygen atoms in total. The van der Waals surface area contributed by atoms with Crippen molar-refractivity contribution in [1.82, 2.24) is 9.29 Å². The number of hydrogen-bond acceptors (Lipinski definition) is 3. The number of alkyl halides is 3. The first-order chi connectivity index (χ1) is 10.7. The van der Waals surface area contributed by atoms with Crippen LogP contribution >= 0.6 is 35.1 Å². The first kappa shape index (κ1) is 18.2. The van der Waals surface area contributed by atoms with E-state index in [4.69, 9.17) is 23.2 Å². The molecule has 0 amide bonds. The molecule has 0 radical (unpaired) electrons. The zero-order valence-corrected chi connectivity index (χ0v) is 14.0. The van der Waals surface area contributed by atoms with Crippen molar-refractivity contribution in [3.8, 4) is 0 Å². The topological polar surface area (TPSA) is 34.0 Å². The second-order valence-electron chi connectivity index (χ2n) is 4.66. The molecule has 1 atom stereocenters. The van der Waals surface area contributed by atoms with E-state index in [2.05, 4.69) is 4.72 Å². The highest BCUT2D eigenvalue weighted by molar-refractivity contribution is 7.97. The summed E-state index contributed by atoms with van der Waals surface area (Å²) in [6, 6.07) is 6.08. The van der Waals surface area contributed by atoms with Crippen molar-refractivity contribution in [2.75, 3.05) is 0 Å². The van der Waals surface area contributed by atoms with E-state index in [0.29, 0.717) is 21.9 Å². The fourth-order valence-electron chi connectivity index (χ4n) is 1.74. The second-order valence-corrected chi connectivity index (χ2v) is 6.39. The standard InChI is InChI=1S/C14H11Cl2F3N2OS/c1-21-11(16)6-10(7-12(21)22)23-20-13(14(17,18)19)8-2-4-9(15)5-3-8/h2-7,13,20H,1H3/t13-/m1/s1. The molecular formula is C14H11Cl2F3N2OS. The van der Waals surface area contributed by atoms with E-state index in [1.165, 1.54) is 48.0 Å². The highest BCUT2D eigenvalue weighted by atomic mass is 35.5. The largest absolute Gasteiger partial charge is 0.408 e. The molecule has 124 valence electrons. The maximum atomic E-state index is 13.2. The number of hydrogen-bond donors (Lipinski definition) is 1. The highest BCUT2D eigenvalue weighted by Crippen LogP contribution is 2.35. The van der Waals surface area contributed by atoms with Gasteiger partial charge in [0.1, 0.15) is 11.2 Å². The first-order valence-electron chi connectivity index (χ1n) is 6.29. The molecule has 0 bridgehead atoms. The Hall–Kier alpha value is -1.15. The van der Waals surface area contributed by atoms with E-state index < -0.39 is 17.8 Å². The van der Waals surface area contributed by atoms with Crippen LogP contribution in [-0.4, -0.2) is 10.7 Å². The predicted molar refractivity (Wildman–Crippen MR) is 85.9 cm³/mol. The number of nitrogens with zero attached hydrogens (tertiary/aromatic N) is 1. The van der Waals surface area contributed by atoms with Gasteiger partial charge in [0.15, 0.2) is 0 Å².